The lowest BCUT2D eigenvalue weighted by molar-refractivity contribution is 0.00578. The summed E-state index contributed by atoms with van der Waals surface area (Å²) in [5.74, 6) is 0. The lowest BCUT2D eigenvalue weighted by atomic mass is 9.79. The highest BCUT2D eigenvalue weighted by molar-refractivity contribution is 6.60. The van der Waals surface area contributed by atoms with Gasteiger partial charge in [-0.3, -0.25) is 4.99 Å². The average Bonchev–Trinajstić information content (AvgIpc) is 3.29. The van der Waals surface area contributed by atoms with Crippen molar-refractivity contribution in [3.05, 3.63) is 11.7 Å². The van der Waals surface area contributed by atoms with E-state index in [9.17, 15) is 0 Å². The monoisotopic (exact) mass is 319 g/mol. The lowest BCUT2D eigenvalue weighted by Gasteiger charge is -2.32. The molecule has 128 valence electrons. The molecule has 2 saturated heterocycles. The second kappa shape index (κ2) is 6.23. The van der Waals surface area contributed by atoms with E-state index in [0.717, 1.165) is 24.4 Å². The standard InChI is InChI=1S/C17H30BN3O2/c1-16(2)17(3,4)23-18(22-16)13(11-19)12-20-14-7-9-21(10-8-14)15-5-6-15/h11-12,14-15H,5-10,19H2,1-4H3/b13-11+,20-12?. The van der Waals surface area contributed by atoms with Gasteiger partial charge in [-0.2, -0.15) is 0 Å². The molecule has 0 aromatic heterocycles. The van der Waals surface area contributed by atoms with Crippen LogP contribution in [0.1, 0.15) is 53.4 Å². The van der Waals surface area contributed by atoms with Crippen LogP contribution >= 0.6 is 0 Å². The van der Waals surface area contributed by atoms with Crippen molar-refractivity contribution in [2.45, 2.75) is 76.7 Å². The first kappa shape index (κ1) is 17.0. The second-order valence-corrected chi connectivity index (χ2v) is 8.03. The van der Waals surface area contributed by atoms with Gasteiger partial charge in [-0.1, -0.05) is 0 Å². The molecule has 0 unspecified atom stereocenters. The first-order valence-corrected chi connectivity index (χ1v) is 8.87. The Morgan fingerprint density at radius 1 is 1.09 bits per heavy atom. The highest BCUT2D eigenvalue weighted by Crippen LogP contribution is 2.38. The van der Waals surface area contributed by atoms with Gasteiger partial charge in [-0.25, -0.2) is 0 Å². The molecule has 3 rings (SSSR count). The molecule has 5 nitrogen and oxygen atoms in total. The predicted octanol–water partition coefficient (Wildman–Crippen LogP) is 2.16. The fourth-order valence-corrected chi connectivity index (χ4v) is 3.19. The van der Waals surface area contributed by atoms with Gasteiger partial charge in [0.1, 0.15) is 0 Å². The Morgan fingerprint density at radius 2 is 1.65 bits per heavy atom. The molecule has 0 spiro atoms. The average molecular weight is 319 g/mol. The van der Waals surface area contributed by atoms with E-state index in [-0.39, 0.29) is 11.2 Å². The molecule has 23 heavy (non-hydrogen) atoms. The SMILES string of the molecule is CC1(C)OB(/C(C=NC2CCN(C3CC3)CC2)=C/N)OC1(C)C. The van der Waals surface area contributed by atoms with Crippen molar-refractivity contribution in [2.24, 2.45) is 10.7 Å². The normalized spacial score (nSPS) is 29.6. The number of allylic oxidation sites excluding steroid dienone is 1. The van der Waals surface area contributed by atoms with Crippen LogP contribution in [-0.4, -0.2) is 54.6 Å². The number of aliphatic imine (C=N–C) groups is 1. The fourth-order valence-electron chi connectivity index (χ4n) is 3.19. The zero-order valence-electron chi connectivity index (χ0n) is 14.9. The minimum Gasteiger partial charge on any atom is -0.405 e. The van der Waals surface area contributed by atoms with E-state index in [4.69, 9.17) is 20.0 Å². The van der Waals surface area contributed by atoms with Crippen LogP contribution in [0.3, 0.4) is 0 Å². The van der Waals surface area contributed by atoms with Crippen molar-refractivity contribution < 1.29 is 9.31 Å². The second-order valence-electron chi connectivity index (χ2n) is 8.03. The van der Waals surface area contributed by atoms with E-state index in [1.807, 2.05) is 33.9 Å². The Kier molecular flexibility index (Phi) is 4.60. The molecular formula is C17H30BN3O2. The molecule has 3 aliphatic rings. The molecule has 6 heteroatoms. The number of nitrogens with zero attached hydrogens (tertiary/aromatic N) is 2. The van der Waals surface area contributed by atoms with Gasteiger partial charge in [0.05, 0.1) is 17.2 Å². The quantitative estimate of drug-likeness (QED) is 0.637. The largest absolute Gasteiger partial charge is 0.497 e. The van der Waals surface area contributed by atoms with E-state index in [2.05, 4.69) is 4.90 Å². The number of rotatable bonds is 4. The van der Waals surface area contributed by atoms with Crippen molar-refractivity contribution in [2.75, 3.05) is 13.1 Å². The fraction of sp³-hybridized carbons (Fsp3) is 0.824. The van der Waals surface area contributed by atoms with E-state index < -0.39 is 7.12 Å². The number of hydrogen-bond acceptors (Lipinski definition) is 5. The lowest BCUT2D eigenvalue weighted by Crippen LogP contribution is -2.41. The number of nitrogens with two attached hydrogens (primary N) is 1. The highest BCUT2D eigenvalue weighted by atomic mass is 16.7. The van der Waals surface area contributed by atoms with Gasteiger partial charge in [-0.05, 0) is 59.6 Å². The van der Waals surface area contributed by atoms with Gasteiger partial charge in [0.15, 0.2) is 0 Å². The van der Waals surface area contributed by atoms with E-state index in [0.29, 0.717) is 6.04 Å². The van der Waals surface area contributed by atoms with Crippen LogP contribution in [0.25, 0.3) is 0 Å². The zero-order chi connectivity index (χ0) is 16.7. The van der Waals surface area contributed by atoms with Gasteiger partial charge in [0.25, 0.3) is 0 Å². The van der Waals surface area contributed by atoms with Crippen molar-refractivity contribution in [3.8, 4) is 0 Å². The Balaban J connectivity index is 1.56. The maximum absolute atomic E-state index is 6.04. The summed E-state index contributed by atoms with van der Waals surface area (Å²) in [5.41, 5.74) is 5.90. The Bertz CT molecular complexity index is 476. The highest BCUT2D eigenvalue weighted by Gasteiger charge is 2.52. The Labute approximate surface area is 140 Å². The molecule has 2 heterocycles. The summed E-state index contributed by atoms with van der Waals surface area (Å²) in [5, 5.41) is 0. The van der Waals surface area contributed by atoms with Gasteiger partial charge >= 0.3 is 7.12 Å². The predicted molar refractivity (Wildman–Crippen MR) is 94.5 cm³/mol. The smallest absolute Gasteiger partial charge is 0.405 e. The molecule has 2 aliphatic heterocycles. The van der Waals surface area contributed by atoms with Crippen molar-refractivity contribution in [1.82, 2.24) is 4.90 Å². The van der Waals surface area contributed by atoms with Gasteiger partial charge in [0.2, 0.25) is 0 Å². The molecule has 0 amide bonds. The molecule has 0 aromatic rings. The van der Waals surface area contributed by atoms with Crippen LogP contribution in [-0.2, 0) is 9.31 Å². The summed E-state index contributed by atoms with van der Waals surface area (Å²) in [6, 6.07) is 1.26. The molecule has 3 fully saturated rings. The summed E-state index contributed by atoms with van der Waals surface area (Å²) in [6.07, 6.45) is 8.46. The van der Waals surface area contributed by atoms with Crippen LogP contribution in [0.4, 0.5) is 0 Å². The molecule has 0 atom stereocenters. The maximum Gasteiger partial charge on any atom is 0.497 e. The van der Waals surface area contributed by atoms with Crippen molar-refractivity contribution >= 4 is 13.3 Å². The van der Waals surface area contributed by atoms with E-state index in [1.54, 1.807) is 6.20 Å². The number of piperidine rings is 1. The molecule has 2 N–H and O–H groups in total. The topological polar surface area (TPSA) is 60.1 Å². The molecule has 0 radical (unpaired) electrons. The molecule has 1 saturated carbocycles. The summed E-state index contributed by atoms with van der Waals surface area (Å²) >= 11 is 0. The third-order valence-corrected chi connectivity index (χ3v) is 5.71. The zero-order valence-corrected chi connectivity index (χ0v) is 14.9. The first-order chi connectivity index (χ1) is 10.8. The van der Waals surface area contributed by atoms with Crippen LogP contribution in [0.15, 0.2) is 16.7 Å². The maximum atomic E-state index is 6.04. The number of hydrogen-bond donors (Lipinski definition) is 1. The van der Waals surface area contributed by atoms with Crippen LogP contribution in [0.2, 0.25) is 0 Å². The third kappa shape index (κ3) is 3.64. The van der Waals surface area contributed by atoms with Gasteiger partial charge in [-0.15, -0.1) is 0 Å². The molecule has 0 bridgehead atoms. The molecule has 1 aliphatic carbocycles. The van der Waals surface area contributed by atoms with Crippen LogP contribution in [0.5, 0.6) is 0 Å². The van der Waals surface area contributed by atoms with Crippen LogP contribution in [0, 0.1) is 0 Å². The molecule has 0 aromatic carbocycles. The van der Waals surface area contributed by atoms with Gasteiger partial charge in [0, 0.05) is 30.8 Å². The first-order valence-electron chi connectivity index (χ1n) is 8.87. The summed E-state index contributed by atoms with van der Waals surface area (Å²) in [7, 11) is -0.430. The van der Waals surface area contributed by atoms with Gasteiger partial charge < -0.3 is 19.9 Å². The minimum atomic E-state index is -0.430. The summed E-state index contributed by atoms with van der Waals surface area (Å²) < 4.78 is 12.1. The van der Waals surface area contributed by atoms with Crippen molar-refractivity contribution in [1.29, 1.82) is 0 Å². The number of likely N-dealkylation sites (tertiary alicyclic amines) is 1. The third-order valence-electron chi connectivity index (χ3n) is 5.71. The van der Waals surface area contributed by atoms with E-state index in [1.165, 1.54) is 25.9 Å². The summed E-state index contributed by atoms with van der Waals surface area (Å²) in [6.45, 7) is 10.5. The summed E-state index contributed by atoms with van der Waals surface area (Å²) in [4.78, 5) is 7.36. The minimum absolute atomic E-state index is 0.352. The Hall–Kier alpha value is -0.845. The molecular weight excluding hydrogens is 289 g/mol. The van der Waals surface area contributed by atoms with Crippen LogP contribution < -0.4 is 5.73 Å². The Morgan fingerprint density at radius 3 is 2.13 bits per heavy atom. The van der Waals surface area contributed by atoms with E-state index >= 15 is 0 Å². The van der Waals surface area contributed by atoms with Crippen molar-refractivity contribution in [3.63, 3.8) is 0 Å².